The summed E-state index contributed by atoms with van der Waals surface area (Å²) in [6.07, 6.45) is 8.18. The molecule has 0 bridgehead atoms. The van der Waals surface area contributed by atoms with Crippen molar-refractivity contribution >= 4 is 11.8 Å². The van der Waals surface area contributed by atoms with Crippen LogP contribution in [0.4, 0.5) is 4.79 Å². The van der Waals surface area contributed by atoms with Crippen molar-refractivity contribution in [3.63, 3.8) is 0 Å². The van der Waals surface area contributed by atoms with Crippen LogP contribution in [0, 0.1) is 17.8 Å². The van der Waals surface area contributed by atoms with E-state index >= 15 is 0 Å². The van der Waals surface area contributed by atoms with Gasteiger partial charge in [0.1, 0.15) is 29.9 Å². The van der Waals surface area contributed by atoms with Gasteiger partial charge in [-0.15, -0.1) is 6.58 Å². The highest BCUT2D eigenvalue weighted by atomic mass is 16.7. The summed E-state index contributed by atoms with van der Waals surface area (Å²) in [4.78, 5) is 22.4. The van der Waals surface area contributed by atoms with E-state index in [0.29, 0.717) is 47.3 Å². The number of allylic oxidation sites excluding steroid dienone is 1. The minimum Gasteiger partial charge on any atom is -0.459 e. The molecule has 0 unspecified atom stereocenters. The quantitative estimate of drug-likeness (QED) is 0.0441. The van der Waals surface area contributed by atoms with Crippen molar-refractivity contribution in [2.75, 3.05) is 33.7 Å². The number of fused-ring (bicyclic) bond motifs is 3. The van der Waals surface area contributed by atoms with Crippen LogP contribution in [-0.2, 0) is 27.5 Å². The molecule has 5 aromatic carbocycles. The zero-order valence-corrected chi connectivity index (χ0v) is 38.5. The Labute approximate surface area is 398 Å². The van der Waals surface area contributed by atoms with E-state index in [1.165, 1.54) is 7.11 Å². The lowest BCUT2D eigenvalue weighted by atomic mass is 9.55. The Balaban J connectivity index is 1.20. The number of hydrogen-bond donors (Lipinski definition) is 2. The molecule has 1 saturated carbocycles. The van der Waals surface area contributed by atoms with E-state index in [0.717, 1.165) is 59.1 Å². The third-order valence-electron chi connectivity index (χ3n) is 13.7. The number of oxime groups is 1. The standard InChI is InChI=1S/C56H60N2O10/c1-3-30-65-56-52(58(55(61)62-2)35-39-20-26-50-51(31-39)64-37-63-50)34-48(57-66-36-38-14-6-4-7-15-38)46-32-42(18-10-12-28-59)45(19-11-13-29-60)53(54(46)56)47-33-44(25-27-49(47)68-56)67-43-23-21-41(22-24-43)40-16-8-5-9-17-40/h3-9,14-17,20-27,31-33,42,45,52-54,59-60H,1,10-13,18-19,28-30,34-37H2,2H3/t42-,45+,52-,53+,54+,56+/m0/s1. The van der Waals surface area contributed by atoms with Gasteiger partial charge in [0.05, 0.1) is 25.3 Å². The second-order valence-electron chi connectivity index (χ2n) is 17.8. The van der Waals surface area contributed by atoms with Crippen molar-refractivity contribution in [3.05, 3.63) is 162 Å². The van der Waals surface area contributed by atoms with Crippen molar-refractivity contribution in [1.82, 2.24) is 4.90 Å². The maximum atomic E-state index is 14.5. The number of carbonyl (C=O) groups is 1. The predicted molar refractivity (Wildman–Crippen MR) is 259 cm³/mol. The second kappa shape index (κ2) is 21.6. The number of aliphatic hydroxyl groups is 2. The van der Waals surface area contributed by atoms with Crippen molar-refractivity contribution < 1.29 is 48.3 Å². The molecular weight excluding hydrogens is 861 g/mol. The van der Waals surface area contributed by atoms with Crippen LogP contribution in [0.5, 0.6) is 28.7 Å². The van der Waals surface area contributed by atoms with Crippen LogP contribution in [-0.4, -0.2) is 72.5 Å². The van der Waals surface area contributed by atoms with Gasteiger partial charge < -0.3 is 43.5 Å². The van der Waals surface area contributed by atoms with Crippen LogP contribution in [0.2, 0.25) is 0 Å². The van der Waals surface area contributed by atoms with Gasteiger partial charge in [-0.2, -0.15) is 0 Å². The average Bonchev–Trinajstić information content (AvgIpc) is 3.85. The van der Waals surface area contributed by atoms with Gasteiger partial charge in [0.2, 0.25) is 12.6 Å². The predicted octanol–water partition coefficient (Wildman–Crippen LogP) is 11.0. The average molecular weight is 921 g/mol. The molecule has 1 amide bonds. The number of ether oxygens (including phenoxy) is 6. The molecule has 2 aliphatic carbocycles. The van der Waals surface area contributed by atoms with E-state index in [2.05, 4.69) is 43.0 Å². The molecule has 0 saturated heterocycles. The Hall–Kier alpha value is -6.60. The fourth-order valence-electron chi connectivity index (χ4n) is 10.6. The van der Waals surface area contributed by atoms with Gasteiger partial charge in [0.25, 0.3) is 0 Å². The summed E-state index contributed by atoms with van der Waals surface area (Å²) in [5.74, 6) is 0.988. The molecule has 0 spiro atoms. The third kappa shape index (κ3) is 9.85. The lowest BCUT2D eigenvalue weighted by molar-refractivity contribution is -0.256. The summed E-state index contributed by atoms with van der Waals surface area (Å²) in [5.41, 5.74) is 6.52. The molecular formula is C56H60N2O10. The molecule has 5 aromatic rings. The molecule has 354 valence electrons. The van der Waals surface area contributed by atoms with E-state index in [4.69, 9.17) is 38.4 Å². The van der Waals surface area contributed by atoms with E-state index in [1.807, 2.05) is 91.0 Å². The third-order valence-corrected chi connectivity index (χ3v) is 13.7. The van der Waals surface area contributed by atoms with E-state index in [-0.39, 0.29) is 63.9 Å². The second-order valence-corrected chi connectivity index (χ2v) is 17.8. The number of benzene rings is 5. The van der Waals surface area contributed by atoms with E-state index in [1.54, 1.807) is 11.0 Å². The molecule has 68 heavy (non-hydrogen) atoms. The monoisotopic (exact) mass is 920 g/mol. The summed E-state index contributed by atoms with van der Waals surface area (Å²) >= 11 is 0. The first-order valence-electron chi connectivity index (χ1n) is 23.7. The number of unbranched alkanes of at least 4 members (excludes halogenated alkanes) is 2. The summed E-state index contributed by atoms with van der Waals surface area (Å²) in [5, 5.41) is 25.0. The highest BCUT2D eigenvalue weighted by molar-refractivity contribution is 6.03. The minimum atomic E-state index is -1.48. The SMILES string of the molecule is C=CCO[C@@]12Oc3ccc(Oc4ccc(-c5ccccc5)cc4)cc3[C@H]3[C@H](CCCCO)[C@@H](CCCCO)C=C(C(=NOCc4ccccc4)C[C@@H]1N(Cc1ccc4c(c1)OCO4)C(=O)OC)[C@H]32. The number of nitrogens with zero attached hydrogens (tertiary/aromatic N) is 2. The molecule has 4 aliphatic rings. The first kappa shape index (κ1) is 46.5. The van der Waals surface area contributed by atoms with Gasteiger partial charge in [-0.1, -0.05) is 109 Å². The highest BCUT2D eigenvalue weighted by Gasteiger charge is 2.65. The number of methoxy groups -OCH3 is 1. The van der Waals surface area contributed by atoms with Crippen molar-refractivity contribution in [2.45, 2.75) is 75.8 Å². The molecule has 2 N–H and O–H groups in total. The van der Waals surface area contributed by atoms with Crippen LogP contribution < -0.4 is 18.9 Å². The molecule has 12 nitrogen and oxygen atoms in total. The largest absolute Gasteiger partial charge is 0.459 e. The van der Waals surface area contributed by atoms with Gasteiger partial charge in [0.15, 0.2) is 11.5 Å². The Morgan fingerprint density at radius 2 is 1.51 bits per heavy atom. The Kier molecular flexibility index (Phi) is 14.8. The number of hydrogen-bond acceptors (Lipinski definition) is 11. The lowest BCUT2D eigenvalue weighted by Gasteiger charge is -2.59. The van der Waals surface area contributed by atoms with Crippen molar-refractivity contribution in [3.8, 4) is 39.9 Å². The molecule has 0 aromatic heterocycles. The van der Waals surface area contributed by atoms with Gasteiger partial charge in [0, 0.05) is 37.7 Å². The molecule has 12 heteroatoms. The normalized spacial score (nSPS) is 22.5. The zero-order valence-electron chi connectivity index (χ0n) is 38.5. The molecule has 6 atom stereocenters. The molecule has 0 radical (unpaired) electrons. The Bertz CT molecular complexity index is 2570. The van der Waals surface area contributed by atoms with Gasteiger partial charge >= 0.3 is 6.09 Å². The summed E-state index contributed by atoms with van der Waals surface area (Å²) in [6.45, 7) is 4.84. The zero-order chi connectivity index (χ0) is 46.9. The number of carbonyl (C=O) groups excluding carboxylic acids is 1. The fraction of sp³-hybridized carbons (Fsp3) is 0.357. The number of rotatable bonds is 20. The first-order valence-corrected chi connectivity index (χ1v) is 23.7. The maximum absolute atomic E-state index is 14.5. The van der Waals surface area contributed by atoms with Crippen molar-refractivity contribution in [1.29, 1.82) is 0 Å². The number of amides is 1. The summed E-state index contributed by atoms with van der Waals surface area (Å²) in [7, 11) is 1.38. The minimum absolute atomic E-state index is 0.0226. The lowest BCUT2D eigenvalue weighted by Crippen LogP contribution is -2.70. The fourth-order valence-corrected chi connectivity index (χ4v) is 10.6. The molecule has 2 heterocycles. The van der Waals surface area contributed by atoms with Gasteiger partial charge in [-0.25, -0.2) is 4.79 Å². The van der Waals surface area contributed by atoms with Crippen LogP contribution in [0.25, 0.3) is 11.1 Å². The van der Waals surface area contributed by atoms with Gasteiger partial charge in [-0.05, 0) is 108 Å². The Morgan fingerprint density at radius 3 is 2.26 bits per heavy atom. The highest BCUT2D eigenvalue weighted by Crippen LogP contribution is 2.62. The van der Waals surface area contributed by atoms with Crippen LogP contribution in [0.3, 0.4) is 0 Å². The smallest absolute Gasteiger partial charge is 0.410 e. The molecule has 9 rings (SSSR count). The Morgan fingerprint density at radius 1 is 0.809 bits per heavy atom. The summed E-state index contributed by atoms with van der Waals surface area (Å²) in [6, 6.07) is 39.0. The van der Waals surface area contributed by atoms with Gasteiger partial charge in [-0.3, -0.25) is 4.90 Å². The van der Waals surface area contributed by atoms with Crippen LogP contribution in [0.1, 0.15) is 67.6 Å². The van der Waals surface area contributed by atoms with Crippen molar-refractivity contribution in [2.24, 2.45) is 22.9 Å². The molecule has 1 fully saturated rings. The summed E-state index contributed by atoms with van der Waals surface area (Å²) < 4.78 is 38.2. The van der Waals surface area contributed by atoms with E-state index in [9.17, 15) is 15.0 Å². The topological polar surface area (TPSA) is 138 Å². The number of aliphatic hydroxyl groups excluding tert-OH is 2. The van der Waals surface area contributed by atoms with Crippen LogP contribution >= 0.6 is 0 Å². The molecule has 2 aliphatic heterocycles. The van der Waals surface area contributed by atoms with Crippen LogP contribution in [0.15, 0.2) is 151 Å². The first-order chi connectivity index (χ1) is 33.4. The maximum Gasteiger partial charge on any atom is 0.410 e. The van der Waals surface area contributed by atoms with E-state index < -0.39 is 23.8 Å².